The summed E-state index contributed by atoms with van der Waals surface area (Å²) in [6, 6.07) is 30.0. The van der Waals surface area contributed by atoms with E-state index in [0.29, 0.717) is 0 Å². The van der Waals surface area contributed by atoms with Gasteiger partial charge in [0, 0.05) is 0 Å². The normalized spacial score (nSPS) is 11.2. The molecule has 0 N–H and O–H groups in total. The molecule has 0 aliphatic heterocycles. The monoisotopic (exact) mass is 364 g/mol. The summed E-state index contributed by atoms with van der Waals surface area (Å²) < 4.78 is 11.1. The van der Waals surface area contributed by atoms with Crippen LogP contribution in [0.1, 0.15) is 0 Å². The minimum atomic E-state index is 0.749. The third-order valence-corrected chi connectivity index (χ3v) is 5.45. The highest BCUT2D eigenvalue weighted by molar-refractivity contribution is 6.26. The average molecular weight is 364 g/mol. The van der Waals surface area contributed by atoms with Crippen LogP contribution in [0.15, 0.2) is 84.9 Å². The van der Waals surface area contributed by atoms with Crippen molar-refractivity contribution >= 4 is 32.3 Å². The Morgan fingerprint density at radius 3 is 1.50 bits per heavy atom. The smallest absolute Gasteiger partial charge is 0.161 e. The molecule has 0 radical (unpaired) electrons. The molecular weight excluding hydrogens is 344 g/mol. The molecule has 5 aromatic carbocycles. The fraction of sp³-hybridized carbons (Fsp3) is 0.0769. The highest BCUT2D eigenvalue weighted by atomic mass is 16.5. The van der Waals surface area contributed by atoms with Crippen molar-refractivity contribution < 1.29 is 9.47 Å². The largest absolute Gasteiger partial charge is 0.493 e. The van der Waals surface area contributed by atoms with E-state index in [1.165, 1.54) is 43.4 Å². The predicted octanol–water partition coefficient (Wildman–Crippen LogP) is 6.83. The van der Waals surface area contributed by atoms with E-state index in [9.17, 15) is 0 Å². The molecule has 0 heterocycles. The molecular formula is C26H20O2. The number of hydrogen-bond acceptors (Lipinski definition) is 2. The first-order chi connectivity index (χ1) is 13.8. The molecule has 0 spiro atoms. The summed E-state index contributed by atoms with van der Waals surface area (Å²) in [6.07, 6.45) is 0. The molecule has 136 valence electrons. The highest BCUT2D eigenvalue weighted by Gasteiger charge is 2.13. The van der Waals surface area contributed by atoms with E-state index in [1.54, 1.807) is 14.2 Å². The number of hydrogen-bond donors (Lipinski definition) is 0. The van der Waals surface area contributed by atoms with Crippen LogP contribution in [0.5, 0.6) is 11.5 Å². The molecule has 0 fully saturated rings. The van der Waals surface area contributed by atoms with Gasteiger partial charge in [-0.05, 0) is 61.6 Å². The van der Waals surface area contributed by atoms with E-state index < -0.39 is 0 Å². The molecule has 28 heavy (non-hydrogen) atoms. The van der Waals surface area contributed by atoms with Gasteiger partial charge >= 0.3 is 0 Å². The summed E-state index contributed by atoms with van der Waals surface area (Å²) in [7, 11) is 3.36. The lowest BCUT2D eigenvalue weighted by atomic mass is 9.92. The summed E-state index contributed by atoms with van der Waals surface area (Å²) in [4.78, 5) is 0. The fourth-order valence-corrected chi connectivity index (χ4v) is 4.09. The third kappa shape index (κ3) is 2.49. The predicted molar refractivity (Wildman–Crippen MR) is 118 cm³/mol. The zero-order chi connectivity index (χ0) is 19.1. The maximum absolute atomic E-state index is 5.57. The Balaban J connectivity index is 1.94. The Kier molecular flexibility index (Phi) is 3.91. The van der Waals surface area contributed by atoms with Crippen LogP contribution in [-0.4, -0.2) is 14.2 Å². The average Bonchev–Trinajstić information content (AvgIpc) is 2.78. The molecule has 0 amide bonds. The number of ether oxygens (including phenoxy) is 2. The second-order valence-electron chi connectivity index (χ2n) is 6.92. The number of benzene rings is 5. The number of fused-ring (bicyclic) bond motifs is 6. The Labute approximate surface area is 163 Å². The zero-order valence-electron chi connectivity index (χ0n) is 15.9. The van der Waals surface area contributed by atoms with Gasteiger partial charge in [0.1, 0.15) is 0 Å². The quantitative estimate of drug-likeness (QED) is 0.327. The summed E-state index contributed by atoms with van der Waals surface area (Å²) in [5, 5.41) is 7.27. The number of rotatable bonds is 3. The van der Waals surface area contributed by atoms with Gasteiger partial charge in [-0.1, -0.05) is 66.7 Å². The molecule has 5 rings (SSSR count). The summed E-state index contributed by atoms with van der Waals surface area (Å²) >= 11 is 0. The van der Waals surface area contributed by atoms with Crippen LogP contribution in [-0.2, 0) is 0 Å². The van der Waals surface area contributed by atoms with Gasteiger partial charge in [0.05, 0.1) is 14.2 Å². The van der Waals surface area contributed by atoms with Crippen molar-refractivity contribution in [3.8, 4) is 22.6 Å². The molecule has 2 heteroatoms. The molecule has 0 aliphatic carbocycles. The van der Waals surface area contributed by atoms with E-state index in [4.69, 9.17) is 9.47 Å². The van der Waals surface area contributed by atoms with E-state index in [0.717, 1.165) is 11.5 Å². The maximum Gasteiger partial charge on any atom is 0.161 e. The van der Waals surface area contributed by atoms with E-state index in [1.807, 2.05) is 6.07 Å². The summed E-state index contributed by atoms with van der Waals surface area (Å²) in [5.74, 6) is 1.50. The Morgan fingerprint density at radius 1 is 0.429 bits per heavy atom. The zero-order valence-corrected chi connectivity index (χ0v) is 15.9. The van der Waals surface area contributed by atoms with Crippen molar-refractivity contribution in [2.75, 3.05) is 14.2 Å². The van der Waals surface area contributed by atoms with Crippen LogP contribution in [0.25, 0.3) is 43.4 Å². The van der Waals surface area contributed by atoms with E-state index in [2.05, 4.69) is 78.9 Å². The molecule has 5 aromatic rings. The van der Waals surface area contributed by atoms with Crippen molar-refractivity contribution in [3.05, 3.63) is 84.9 Å². The molecule has 2 nitrogen and oxygen atoms in total. The van der Waals surface area contributed by atoms with Crippen LogP contribution in [0.2, 0.25) is 0 Å². The topological polar surface area (TPSA) is 18.5 Å². The molecule has 0 aromatic heterocycles. The molecule has 0 bridgehead atoms. The second kappa shape index (κ2) is 6.58. The third-order valence-electron chi connectivity index (χ3n) is 5.45. The van der Waals surface area contributed by atoms with Gasteiger partial charge in [0.2, 0.25) is 0 Å². The minimum Gasteiger partial charge on any atom is -0.493 e. The van der Waals surface area contributed by atoms with Crippen molar-refractivity contribution in [3.63, 3.8) is 0 Å². The van der Waals surface area contributed by atoms with Crippen molar-refractivity contribution in [1.82, 2.24) is 0 Å². The van der Waals surface area contributed by atoms with Gasteiger partial charge in [0.25, 0.3) is 0 Å². The first kappa shape index (κ1) is 16.6. The van der Waals surface area contributed by atoms with Gasteiger partial charge in [-0.3, -0.25) is 0 Å². The Hall–Kier alpha value is -3.52. The second-order valence-corrected chi connectivity index (χ2v) is 6.92. The van der Waals surface area contributed by atoms with Crippen molar-refractivity contribution in [2.24, 2.45) is 0 Å². The number of methoxy groups -OCH3 is 2. The molecule has 0 aliphatic rings. The first-order valence-corrected chi connectivity index (χ1v) is 9.36. The first-order valence-electron chi connectivity index (χ1n) is 9.36. The van der Waals surface area contributed by atoms with Crippen LogP contribution >= 0.6 is 0 Å². The van der Waals surface area contributed by atoms with Crippen LogP contribution in [0.4, 0.5) is 0 Å². The van der Waals surface area contributed by atoms with Crippen LogP contribution in [0.3, 0.4) is 0 Å². The highest BCUT2D eigenvalue weighted by Crippen LogP contribution is 2.41. The molecule has 0 saturated heterocycles. The van der Waals surface area contributed by atoms with Crippen molar-refractivity contribution in [1.29, 1.82) is 0 Å². The lowest BCUT2D eigenvalue weighted by Crippen LogP contribution is -1.92. The Morgan fingerprint density at radius 2 is 0.929 bits per heavy atom. The summed E-state index contributed by atoms with van der Waals surface area (Å²) in [6.45, 7) is 0. The standard InChI is InChI=1S/C26H20O2/c1-27-25-15-23-20-11-7-6-10-19(20)22-14-18(17-8-4-3-5-9-17)12-13-21(22)24(23)16-26(25)28-2/h3-16H,1-2H3. The Bertz CT molecular complexity index is 1320. The SMILES string of the molecule is COc1cc2c3ccccc3c3cc(-c4ccccc4)ccc3c2cc1OC. The lowest BCUT2D eigenvalue weighted by molar-refractivity contribution is 0.356. The van der Waals surface area contributed by atoms with E-state index >= 15 is 0 Å². The van der Waals surface area contributed by atoms with Crippen molar-refractivity contribution in [2.45, 2.75) is 0 Å². The molecule has 0 saturated carbocycles. The van der Waals surface area contributed by atoms with Gasteiger partial charge in [-0.15, -0.1) is 0 Å². The minimum absolute atomic E-state index is 0.749. The fourth-order valence-electron chi connectivity index (χ4n) is 4.09. The van der Waals surface area contributed by atoms with Gasteiger partial charge in [-0.25, -0.2) is 0 Å². The molecule has 0 atom stereocenters. The maximum atomic E-state index is 5.57. The van der Waals surface area contributed by atoms with Gasteiger partial charge in [0.15, 0.2) is 11.5 Å². The van der Waals surface area contributed by atoms with E-state index in [-0.39, 0.29) is 0 Å². The summed E-state index contributed by atoms with van der Waals surface area (Å²) in [5.41, 5.74) is 2.44. The van der Waals surface area contributed by atoms with Crippen LogP contribution < -0.4 is 9.47 Å². The van der Waals surface area contributed by atoms with Gasteiger partial charge in [-0.2, -0.15) is 0 Å². The lowest BCUT2D eigenvalue weighted by Gasteiger charge is -2.15. The van der Waals surface area contributed by atoms with Gasteiger partial charge < -0.3 is 9.47 Å². The van der Waals surface area contributed by atoms with Crippen LogP contribution in [0, 0.1) is 0 Å². The molecule has 0 unspecified atom stereocenters.